The summed E-state index contributed by atoms with van der Waals surface area (Å²) in [4.78, 5) is 15.2. The molecule has 1 aromatic rings. The number of hydrogen-bond acceptors (Lipinski definition) is 4. The lowest BCUT2D eigenvalue weighted by molar-refractivity contribution is -0.192. The molecule has 0 saturated heterocycles. The lowest BCUT2D eigenvalue weighted by atomic mass is 10.3. The van der Waals surface area contributed by atoms with E-state index in [2.05, 4.69) is 4.84 Å². The standard InChI is InChI=1S/C12H14F3NO4/c1-2-18-9-5-3-4-6-10(9)19-7-11(17)16-20-8-12(13,14)15/h3-6H,2,7-8H2,1H3,(H,16,17). The van der Waals surface area contributed by atoms with Gasteiger partial charge in [0.15, 0.2) is 24.7 Å². The van der Waals surface area contributed by atoms with Gasteiger partial charge in [-0.05, 0) is 19.1 Å². The zero-order valence-corrected chi connectivity index (χ0v) is 10.7. The Labute approximate surface area is 113 Å². The number of benzene rings is 1. The zero-order valence-electron chi connectivity index (χ0n) is 10.7. The normalized spacial score (nSPS) is 11.0. The van der Waals surface area contributed by atoms with E-state index in [4.69, 9.17) is 9.47 Å². The topological polar surface area (TPSA) is 56.8 Å². The minimum Gasteiger partial charge on any atom is -0.490 e. The summed E-state index contributed by atoms with van der Waals surface area (Å²) in [5, 5.41) is 0. The van der Waals surface area contributed by atoms with E-state index >= 15 is 0 Å². The molecule has 1 N–H and O–H groups in total. The quantitative estimate of drug-likeness (QED) is 0.782. The molecule has 0 fully saturated rings. The Kier molecular flexibility index (Phi) is 6.10. The molecule has 0 aliphatic heterocycles. The monoisotopic (exact) mass is 293 g/mol. The number of carbonyl (C=O) groups is 1. The number of nitrogens with one attached hydrogen (secondary N) is 1. The molecule has 0 aliphatic rings. The largest absolute Gasteiger partial charge is 0.490 e. The summed E-state index contributed by atoms with van der Waals surface area (Å²) in [6, 6.07) is 6.63. The summed E-state index contributed by atoms with van der Waals surface area (Å²) in [5.74, 6) is -0.0696. The Hall–Kier alpha value is -1.96. The molecule has 112 valence electrons. The van der Waals surface area contributed by atoms with E-state index in [1.54, 1.807) is 36.7 Å². The number of ether oxygens (including phenoxy) is 2. The number of rotatable bonds is 7. The maximum Gasteiger partial charge on any atom is 0.414 e. The average Bonchev–Trinajstić information content (AvgIpc) is 2.36. The molecule has 1 aromatic carbocycles. The van der Waals surface area contributed by atoms with E-state index < -0.39 is 25.3 Å². The highest BCUT2D eigenvalue weighted by Gasteiger charge is 2.28. The van der Waals surface area contributed by atoms with Crippen LogP contribution in [-0.2, 0) is 9.63 Å². The Morgan fingerprint density at radius 1 is 1.20 bits per heavy atom. The van der Waals surface area contributed by atoms with Crippen LogP contribution in [0.2, 0.25) is 0 Å². The summed E-state index contributed by atoms with van der Waals surface area (Å²) < 4.78 is 45.7. The van der Waals surface area contributed by atoms with Crippen LogP contribution in [-0.4, -0.2) is 31.9 Å². The third kappa shape index (κ3) is 6.28. The molecule has 8 heteroatoms. The third-order valence-corrected chi connectivity index (χ3v) is 1.93. The van der Waals surface area contributed by atoms with E-state index in [-0.39, 0.29) is 0 Å². The average molecular weight is 293 g/mol. The molecular formula is C12H14F3NO4. The van der Waals surface area contributed by atoms with Crippen LogP contribution in [0.25, 0.3) is 0 Å². The second-order valence-electron chi connectivity index (χ2n) is 3.60. The molecule has 0 unspecified atom stereocenters. The first-order valence-corrected chi connectivity index (χ1v) is 5.74. The van der Waals surface area contributed by atoms with Gasteiger partial charge in [0, 0.05) is 0 Å². The van der Waals surface area contributed by atoms with Crippen molar-refractivity contribution in [3.8, 4) is 11.5 Å². The molecule has 0 radical (unpaired) electrons. The second-order valence-corrected chi connectivity index (χ2v) is 3.60. The second kappa shape index (κ2) is 7.59. The van der Waals surface area contributed by atoms with Gasteiger partial charge in [-0.15, -0.1) is 0 Å². The lowest BCUT2D eigenvalue weighted by Gasteiger charge is -2.12. The minimum absolute atomic E-state index is 0.320. The van der Waals surface area contributed by atoms with Crippen molar-refractivity contribution in [3.63, 3.8) is 0 Å². The molecule has 5 nitrogen and oxygen atoms in total. The van der Waals surface area contributed by atoms with Crippen molar-refractivity contribution in [3.05, 3.63) is 24.3 Å². The molecule has 0 atom stereocenters. The van der Waals surface area contributed by atoms with Crippen molar-refractivity contribution in [2.75, 3.05) is 19.8 Å². The first-order chi connectivity index (χ1) is 9.42. The van der Waals surface area contributed by atoms with Gasteiger partial charge in [0.05, 0.1) is 6.61 Å². The van der Waals surface area contributed by atoms with Crippen molar-refractivity contribution in [2.45, 2.75) is 13.1 Å². The summed E-state index contributed by atoms with van der Waals surface area (Å²) in [7, 11) is 0. The van der Waals surface area contributed by atoms with Gasteiger partial charge in [0.25, 0.3) is 5.91 Å². The highest BCUT2D eigenvalue weighted by Crippen LogP contribution is 2.26. The molecule has 0 saturated carbocycles. The van der Waals surface area contributed by atoms with Crippen molar-refractivity contribution < 1.29 is 32.3 Å². The number of alkyl halides is 3. The van der Waals surface area contributed by atoms with Crippen molar-refractivity contribution >= 4 is 5.91 Å². The molecule has 1 rings (SSSR count). The Morgan fingerprint density at radius 2 is 1.80 bits per heavy atom. The maximum atomic E-state index is 11.8. The van der Waals surface area contributed by atoms with Crippen LogP contribution in [0.3, 0.4) is 0 Å². The minimum atomic E-state index is -4.50. The molecular weight excluding hydrogens is 279 g/mol. The molecule has 0 aromatic heterocycles. The Morgan fingerprint density at radius 3 is 2.35 bits per heavy atom. The van der Waals surface area contributed by atoms with Crippen LogP contribution in [0.5, 0.6) is 11.5 Å². The smallest absolute Gasteiger partial charge is 0.414 e. The van der Waals surface area contributed by atoms with Crippen LogP contribution < -0.4 is 15.0 Å². The first-order valence-electron chi connectivity index (χ1n) is 5.74. The Balaban J connectivity index is 2.37. The number of hydroxylamine groups is 1. The van der Waals surface area contributed by atoms with E-state index in [1.165, 1.54) is 0 Å². The van der Waals surface area contributed by atoms with Crippen molar-refractivity contribution in [2.24, 2.45) is 0 Å². The fraction of sp³-hybridized carbons (Fsp3) is 0.417. The lowest BCUT2D eigenvalue weighted by Crippen LogP contribution is -2.32. The highest BCUT2D eigenvalue weighted by atomic mass is 19.4. The highest BCUT2D eigenvalue weighted by molar-refractivity contribution is 5.76. The van der Waals surface area contributed by atoms with Gasteiger partial charge >= 0.3 is 6.18 Å². The van der Waals surface area contributed by atoms with Crippen molar-refractivity contribution in [1.29, 1.82) is 0 Å². The van der Waals surface area contributed by atoms with Gasteiger partial charge in [-0.25, -0.2) is 5.48 Å². The van der Waals surface area contributed by atoms with Gasteiger partial charge in [0.2, 0.25) is 0 Å². The summed E-state index contributed by atoms with van der Waals surface area (Å²) in [6.45, 7) is 0.159. The van der Waals surface area contributed by atoms with Crippen LogP contribution in [0.4, 0.5) is 13.2 Å². The van der Waals surface area contributed by atoms with Gasteiger partial charge in [-0.3, -0.25) is 9.63 Å². The van der Waals surface area contributed by atoms with Crippen LogP contribution in [0, 0.1) is 0 Å². The maximum absolute atomic E-state index is 11.8. The predicted molar refractivity (Wildman–Crippen MR) is 63.3 cm³/mol. The van der Waals surface area contributed by atoms with E-state index in [1.807, 2.05) is 0 Å². The SMILES string of the molecule is CCOc1ccccc1OCC(=O)NOCC(F)(F)F. The van der Waals surface area contributed by atoms with Crippen LogP contribution >= 0.6 is 0 Å². The predicted octanol–water partition coefficient (Wildman–Crippen LogP) is 2.07. The van der Waals surface area contributed by atoms with Crippen LogP contribution in [0.1, 0.15) is 6.92 Å². The number of para-hydroxylation sites is 2. The zero-order chi connectivity index (χ0) is 15.0. The number of hydrogen-bond donors (Lipinski definition) is 1. The fourth-order valence-electron chi connectivity index (χ4n) is 1.22. The molecule has 20 heavy (non-hydrogen) atoms. The van der Waals surface area contributed by atoms with Gasteiger partial charge < -0.3 is 9.47 Å². The number of carbonyl (C=O) groups excluding carboxylic acids is 1. The number of halogens is 3. The number of amides is 1. The summed E-state index contributed by atoms with van der Waals surface area (Å²) >= 11 is 0. The van der Waals surface area contributed by atoms with E-state index in [0.717, 1.165) is 0 Å². The molecule has 0 aliphatic carbocycles. The van der Waals surface area contributed by atoms with Gasteiger partial charge in [0.1, 0.15) is 0 Å². The molecule has 0 heterocycles. The molecule has 1 amide bonds. The van der Waals surface area contributed by atoms with E-state index in [0.29, 0.717) is 18.1 Å². The van der Waals surface area contributed by atoms with Crippen molar-refractivity contribution in [1.82, 2.24) is 5.48 Å². The summed E-state index contributed by atoms with van der Waals surface area (Å²) in [5.41, 5.74) is 1.64. The first kappa shape index (κ1) is 16.1. The molecule has 0 bridgehead atoms. The van der Waals surface area contributed by atoms with E-state index in [9.17, 15) is 18.0 Å². The van der Waals surface area contributed by atoms with Crippen LogP contribution in [0.15, 0.2) is 24.3 Å². The fourth-order valence-corrected chi connectivity index (χ4v) is 1.22. The third-order valence-electron chi connectivity index (χ3n) is 1.93. The van der Waals surface area contributed by atoms with Gasteiger partial charge in [-0.2, -0.15) is 13.2 Å². The molecule has 0 spiro atoms. The Bertz CT molecular complexity index is 437. The van der Waals surface area contributed by atoms with Gasteiger partial charge in [-0.1, -0.05) is 12.1 Å². The summed E-state index contributed by atoms with van der Waals surface area (Å²) in [6.07, 6.45) is -4.50.